The summed E-state index contributed by atoms with van der Waals surface area (Å²) in [6.45, 7) is 1.66. The summed E-state index contributed by atoms with van der Waals surface area (Å²) in [5, 5.41) is 3.28. The molecule has 0 aliphatic rings. The Morgan fingerprint density at radius 3 is 2.48 bits per heavy atom. The van der Waals surface area contributed by atoms with Crippen molar-refractivity contribution in [1.29, 1.82) is 0 Å². The molecule has 126 valence electrons. The van der Waals surface area contributed by atoms with Crippen molar-refractivity contribution in [1.82, 2.24) is 9.97 Å². The van der Waals surface area contributed by atoms with Crippen LogP contribution in [0.3, 0.4) is 0 Å². The van der Waals surface area contributed by atoms with Crippen LogP contribution in [0.1, 0.15) is 6.92 Å². The van der Waals surface area contributed by atoms with Gasteiger partial charge < -0.3 is 10.1 Å². The monoisotopic (exact) mass is 353 g/mol. The SMILES string of the molecule is CC(Oc1cccc(Cl)c1)C(=O)Nc1cnc(-c2ccccc2)nc1. The molecular weight excluding hydrogens is 338 g/mol. The van der Waals surface area contributed by atoms with Crippen molar-refractivity contribution < 1.29 is 9.53 Å². The number of amides is 1. The standard InChI is InChI=1S/C19H16ClN3O2/c1-13(25-17-9-5-8-15(20)10-17)19(24)23-16-11-21-18(22-12-16)14-6-3-2-4-7-14/h2-13H,1H3,(H,23,24). The molecule has 1 heterocycles. The van der Waals surface area contributed by atoms with Crippen LogP contribution in [0, 0.1) is 0 Å². The van der Waals surface area contributed by atoms with Crippen LogP contribution in [0.5, 0.6) is 5.75 Å². The number of halogens is 1. The van der Waals surface area contributed by atoms with E-state index < -0.39 is 6.10 Å². The average Bonchev–Trinajstić information content (AvgIpc) is 2.63. The second kappa shape index (κ2) is 7.77. The van der Waals surface area contributed by atoms with Crippen molar-refractivity contribution in [3.63, 3.8) is 0 Å². The topological polar surface area (TPSA) is 64.1 Å². The highest BCUT2D eigenvalue weighted by molar-refractivity contribution is 6.30. The van der Waals surface area contributed by atoms with E-state index in [9.17, 15) is 4.79 Å². The molecule has 0 aliphatic carbocycles. The van der Waals surface area contributed by atoms with Crippen molar-refractivity contribution in [2.45, 2.75) is 13.0 Å². The Labute approximate surface area is 150 Å². The molecule has 1 atom stereocenters. The van der Waals surface area contributed by atoms with E-state index in [1.807, 2.05) is 30.3 Å². The van der Waals surface area contributed by atoms with Crippen LogP contribution >= 0.6 is 11.6 Å². The maximum atomic E-state index is 12.2. The van der Waals surface area contributed by atoms with E-state index in [0.29, 0.717) is 22.3 Å². The zero-order valence-electron chi connectivity index (χ0n) is 13.5. The third-order valence-electron chi connectivity index (χ3n) is 3.43. The number of nitrogens with one attached hydrogen (secondary N) is 1. The van der Waals surface area contributed by atoms with Gasteiger partial charge in [0.05, 0.1) is 18.1 Å². The molecule has 0 saturated heterocycles. The zero-order valence-corrected chi connectivity index (χ0v) is 14.3. The summed E-state index contributed by atoms with van der Waals surface area (Å²) < 4.78 is 5.58. The maximum Gasteiger partial charge on any atom is 0.265 e. The molecule has 6 heteroatoms. The third kappa shape index (κ3) is 4.55. The molecule has 3 aromatic rings. The Bertz CT molecular complexity index is 854. The van der Waals surface area contributed by atoms with Crippen molar-refractivity contribution in [2.24, 2.45) is 0 Å². The van der Waals surface area contributed by atoms with Gasteiger partial charge in [-0.25, -0.2) is 9.97 Å². The summed E-state index contributed by atoms with van der Waals surface area (Å²) in [7, 11) is 0. The Balaban J connectivity index is 1.62. The lowest BCUT2D eigenvalue weighted by Gasteiger charge is -2.14. The third-order valence-corrected chi connectivity index (χ3v) is 3.66. The Hall–Kier alpha value is -2.92. The number of anilines is 1. The molecule has 3 rings (SSSR count). The van der Waals surface area contributed by atoms with Crippen LogP contribution in [-0.4, -0.2) is 22.0 Å². The first-order valence-corrected chi connectivity index (χ1v) is 8.10. The lowest BCUT2D eigenvalue weighted by atomic mass is 10.2. The molecular formula is C19H16ClN3O2. The molecule has 2 aromatic carbocycles. The highest BCUT2D eigenvalue weighted by Gasteiger charge is 2.15. The van der Waals surface area contributed by atoms with Gasteiger partial charge >= 0.3 is 0 Å². The van der Waals surface area contributed by atoms with Crippen LogP contribution in [0.25, 0.3) is 11.4 Å². The van der Waals surface area contributed by atoms with Crippen LogP contribution in [0.4, 0.5) is 5.69 Å². The van der Waals surface area contributed by atoms with E-state index in [1.165, 1.54) is 0 Å². The fraction of sp³-hybridized carbons (Fsp3) is 0.105. The Morgan fingerprint density at radius 2 is 1.80 bits per heavy atom. The van der Waals surface area contributed by atoms with E-state index in [2.05, 4.69) is 15.3 Å². The number of benzene rings is 2. The highest BCUT2D eigenvalue weighted by Crippen LogP contribution is 2.19. The van der Waals surface area contributed by atoms with Crippen molar-refractivity contribution in [3.05, 3.63) is 72.0 Å². The normalized spacial score (nSPS) is 11.6. The van der Waals surface area contributed by atoms with Gasteiger partial charge in [0.2, 0.25) is 0 Å². The van der Waals surface area contributed by atoms with Gasteiger partial charge in [0.1, 0.15) is 5.75 Å². The summed E-state index contributed by atoms with van der Waals surface area (Å²) in [6, 6.07) is 16.5. The lowest BCUT2D eigenvalue weighted by molar-refractivity contribution is -0.122. The predicted molar refractivity (Wildman–Crippen MR) is 97.6 cm³/mol. The fourth-order valence-corrected chi connectivity index (χ4v) is 2.35. The molecule has 5 nitrogen and oxygen atoms in total. The second-order valence-corrected chi connectivity index (χ2v) is 5.80. The number of hydrogen-bond acceptors (Lipinski definition) is 4. The minimum Gasteiger partial charge on any atom is -0.481 e. The van der Waals surface area contributed by atoms with Gasteiger partial charge in [-0.1, -0.05) is 48.0 Å². The zero-order chi connectivity index (χ0) is 17.6. The quantitative estimate of drug-likeness (QED) is 0.746. The minimum atomic E-state index is -0.688. The predicted octanol–water partition coefficient (Wildman–Crippen LogP) is 4.20. The highest BCUT2D eigenvalue weighted by atomic mass is 35.5. The summed E-state index contributed by atoms with van der Waals surface area (Å²) in [5.74, 6) is 0.837. The van der Waals surface area contributed by atoms with Gasteiger partial charge in [0, 0.05) is 10.6 Å². The van der Waals surface area contributed by atoms with E-state index in [-0.39, 0.29) is 5.91 Å². The molecule has 1 amide bonds. The molecule has 0 radical (unpaired) electrons. The van der Waals surface area contributed by atoms with E-state index in [4.69, 9.17) is 16.3 Å². The summed E-state index contributed by atoms with van der Waals surface area (Å²) in [6.07, 6.45) is 2.45. The molecule has 0 saturated carbocycles. The molecule has 0 spiro atoms. The van der Waals surface area contributed by atoms with Crippen molar-refractivity contribution >= 4 is 23.2 Å². The van der Waals surface area contributed by atoms with Crippen LogP contribution in [-0.2, 0) is 4.79 Å². The average molecular weight is 354 g/mol. The molecule has 0 aliphatic heterocycles. The van der Waals surface area contributed by atoms with Crippen LogP contribution < -0.4 is 10.1 Å². The summed E-state index contributed by atoms with van der Waals surface area (Å²) in [5.41, 5.74) is 1.42. The van der Waals surface area contributed by atoms with E-state index in [1.54, 1.807) is 43.6 Å². The first-order valence-electron chi connectivity index (χ1n) is 7.72. The van der Waals surface area contributed by atoms with Crippen molar-refractivity contribution in [3.8, 4) is 17.1 Å². The minimum absolute atomic E-state index is 0.295. The molecule has 0 fully saturated rings. The van der Waals surface area contributed by atoms with Crippen molar-refractivity contribution in [2.75, 3.05) is 5.32 Å². The largest absolute Gasteiger partial charge is 0.481 e. The number of nitrogens with zero attached hydrogens (tertiary/aromatic N) is 2. The second-order valence-electron chi connectivity index (χ2n) is 5.37. The van der Waals surface area contributed by atoms with Crippen LogP contribution in [0.2, 0.25) is 5.02 Å². The maximum absolute atomic E-state index is 12.2. The van der Waals surface area contributed by atoms with Crippen LogP contribution in [0.15, 0.2) is 67.0 Å². The summed E-state index contributed by atoms with van der Waals surface area (Å²) >= 11 is 5.91. The van der Waals surface area contributed by atoms with Gasteiger partial charge in [-0.3, -0.25) is 4.79 Å². The molecule has 1 unspecified atom stereocenters. The summed E-state index contributed by atoms with van der Waals surface area (Å²) in [4.78, 5) is 20.8. The lowest BCUT2D eigenvalue weighted by Crippen LogP contribution is -2.30. The fourth-order valence-electron chi connectivity index (χ4n) is 2.17. The number of carbonyl (C=O) groups excluding carboxylic acids is 1. The van der Waals surface area contributed by atoms with Gasteiger partial charge in [-0.05, 0) is 25.1 Å². The first-order chi connectivity index (χ1) is 12.1. The van der Waals surface area contributed by atoms with Gasteiger partial charge in [0.15, 0.2) is 11.9 Å². The molecule has 25 heavy (non-hydrogen) atoms. The van der Waals surface area contributed by atoms with E-state index in [0.717, 1.165) is 5.56 Å². The molecule has 1 N–H and O–H groups in total. The molecule has 1 aromatic heterocycles. The van der Waals surface area contributed by atoms with Gasteiger partial charge in [-0.2, -0.15) is 0 Å². The Morgan fingerprint density at radius 1 is 1.08 bits per heavy atom. The molecule has 0 bridgehead atoms. The number of aromatic nitrogens is 2. The smallest absolute Gasteiger partial charge is 0.265 e. The van der Waals surface area contributed by atoms with Gasteiger partial charge in [-0.15, -0.1) is 0 Å². The number of ether oxygens (including phenoxy) is 1. The Kier molecular flexibility index (Phi) is 5.26. The van der Waals surface area contributed by atoms with Gasteiger partial charge in [0.25, 0.3) is 5.91 Å². The van der Waals surface area contributed by atoms with E-state index >= 15 is 0 Å². The first kappa shape index (κ1) is 16.9. The number of carbonyl (C=O) groups is 1. The number of hydrogen-bond donors (Lipinski definition) is 1. The number of rotatable bonds is 5.